The zero-order chi connectivity index (χ0) is 33.1. The SMILES string of the molecule is c1ccc(-c2nc(-c3ccccc3)nc(-c3cc4c5c(c3)c3ccccc3n5-c3ccccc3C4(c3ccccc3)c3ccccc3)n2)cc1. The number of benzene rings is 7. The molecule has 234 valence electrons. The minimum Gasteiger partial charge on any atom is -0.309 e. The van der Waals surface area contributed by atoms with E-state index >= 15 is 0 Å². The van der Waals surface area contributed by atoms with Crippen LogP contribution in [-0.2, 0) is 5.41 Å². The number of rotatable bonds is 5. The molecule has 0 amide bonds. The van der Waals surface area contributed by atoms with Crippen molar-refractivity contribution in [1.29, 1.82) is 0 Å². The fourth-order valence-corrected chi connectivity index (χ4v) is 8.00. The average molecular weight is 639 g/mol. The summed E-state index contributed by atoms with van der Waals surface area (Å²) in [4.78, 5) is 15.4. The second kappa shape index (κ2) is 11.2. The number of fused-ring (bicyclic) bond motifs is 5. The Hall–Kier alpha value is -6.65. The van der Waals surface area contributed by atoms with E-state index in [4.69, 9.17) is 15.0 Å². The first-order valence-corrected chi connectivity index (χ1v) is 17.0. The first kappa shape index (κ1) is 28.4. The van der Waals surface area contributed by atoms with Crippen molar-refractivity contribution in [1.82, 2.24) is 19.5 Å². The zero-order valence-corrected chi connectivity index (χ0v) is 27.1. The third-order valence-electron chi connectivity index (χ3n) is 10.1. The van der Waals surface area contributed by atoms with Gasteiger partial charge in [0.05, 0.1) is 22.1 Å². The quantitative estimate of drug-likeness (QED) is 0.188. The van der Waals surface area contributed by atoms with Gasteiger partial charge in [-0.3, -0.25) is 0 Å². The first-order valence-electron chi connectivity index (χ1n) is 17.0. The molecule has 2 aromatic heterocycles. The molecule has 0 unspecified atom stereocenters. The summed E-state index contributed by atoms with van der Waals surface area (Å²) in [6, 6.07) is 64.5. The summed E-state index contributed by atoms with van der Waals surface area (Å²) in [7, 11) is 0. The van der Waals surface area contributed by atoms with Crippen LogP contribution >= 0.6 is 0 Å². The predicted octanol–water partition coefficient (Wildman–Crippen LogP) is 10.7. The van der Waals surface area contributed by atoms with Gasteiger partial charge in [-0.15, -0.1) is 0 Å². The highest BCUT2D eigenvalue weighted by molar-refractivity contribution is 6.13. The maximum Gasteiger partial charge on any atom is 0.164 e. The molecule has 1 aliphatic rings. The van der Waals surface area contributed by atoms with Gasteiger partial charge < -0.3 is 4.57 Å². The van der Waals surface area contributed by atoms with Gasteiger partial charge in [0, 0.05) is 27.5 Å². The van der Waals surface area contributed by atoms with E-state index in [-0.39, 0.29) is 0 Å². The average Bonchev–Trinajstić information content (AvgIpc) is 3.54. The molecule has 1 aliphatic heterocycles. The van der Waals surface area contributed by atoms with Crippen molar-refractivity contribution in [2.45, 2.75) is 5.41 Å². The number of para-hydroxylation sites is 2. The Morgan fingerprint density at radius 1 is 0.380 bits per heavy atom. The van der Waals surface area contributed by atoms with Gasteiger partial charge in [0.2, 0.25) is 0 Å². The Morgan fingerprint density at radius 3 is 1.46 bits per heavy atom. The lowest BCUT2D eigenvalue weighted by Crippen LogP contribution is -2.35. The lowest BCUT2D eigenvalue weighted by atomic mass is 9.63. The van der Waals surface area contributed by atoms with E-state index in [0.717, 1.165) is 16.7 Å². The van der Waals surface area contributed by atoms with Crippen LogP contribution in [0.1, 0.15) is 22.3 Å². The second-order valence-electron chi connectivity index (χ2n) is 12.8. The fourth-order valence-electron chi connectivity index (χ4n) is 8.00. The molecule has 0 fully saturated rings. The van der Waals surface area contributed by atoms with Crippen molar-refractivity contribution < 1.29 is 0 Å². The summed E-state index contributed by atoms with van der Waals surface area (Å²) in [6.45, 7) is 0. The Bertz CT molecular complexity index is 2590. The molecule has 0 bridgehead atoms. The summed E-state index contributed by atoms with van der Waals surface area (Å²) in [5.41, 5.74) is 10.6. The van der Waals surface area contributed by atoms with Gasteiger partial charge in [0.1, 0.15) is 0 Å². The third-order valence-corrected chi connectivity index (χ3v) is 10.1. The molecule has 0 saturated heterocycles. The third kappa shape index (κ3) is 4.15. The second-order valence-corrected chi connectivity index (χ2v) is 12.8. The van der Waals surface area contributed by atoms with Crippen LogP contribution in [0.4, 0.5) is 0 Å². The molecule has 0 radical (unpaired) electrons. The molecule has 3 heterocycles. The minimum absolute atomic E-state index is 0.616. The van der Waals surface area contributed by atoms with Gasteiger partial charge in [-0.05, 0) is 46.5 Å². The summed E-state index contributed by atoms with van der Waals surface area (Å²) in [6.07, 6.45) is 0. The summed E-state index contributed by atoms with van der Waals surface area (Å²) in [5.74, 6) is 1.93. The molecule has 0 spiro atoms. The van der Waals surface area contributed by atoms with Gasteiger partial charge >= 0.3 is 0 Å². The normalized spacial score (nSPS) is 13.0. The number of nitrogens with zero attached hydrogens (tertiary/aromatic N) is 4. The summed E-state index contributed by atoms with van der Waals surface area (Å²) in [5, 5.41) is 2.36. The molecule has 7 aromatic carbocycles. The lowest BCUT2D eigenvalue weighted by Gasteiger charge is -2.42. The van der Waals surface area contributed by atoms with Crippen LogP contribution in [-0.4, -0.2) is 19.5 Å². The smallest absolute Gasteiger partial charge is 0.164 e. The van der Waals surface area contributed by atoms with E-state index in [0.29, 0.717) is 17.5 Å². The van der Waals surface area contributed by atoms with Crippen molar-refractivity contribution in [3.05, 3.63) is 204 Å². The molecular weight excluding hydrogens is 609 g/mol. The highest BCUT2D eigenvalue weighted by Crippen LogP contribution is 2.55. The van der Waals surface area contributed by atoms with E-state index < -0.39 is 5.41 Å². The molecule has 9 aromatic rings. The van der Waals surface area contributed by atoms with Crippen LogP contribution in [0.25, 0.3) is 61.7 Å². The standard InChI is InChI=1S/C46H30N4/c1-5-17-31(18-6-1)43-47-44(32-19-7-2-8-20-32)49-45(48-43)33-29-37-36-25-13-15-27-40(36)50-41-28-16-14-26-38(41)46(39(30-33)42(37)50,34-21-9-3-10-22-34)35-23-11-4-12-24-35/h1-30H. The van der Waals surface area contributed by atoms with Gasteiger partial charge in [-0.2, -0.15) is 0 Å². The monoisotopic (exact) mass is 638 g/mol. The highest BCUT2D eigenvalue weighted by Gasteiger charge is 2.45. The number of aromatic nitrogens is 4. The van der Waals surface area contributed by atoms with Gasteiger partial charge in [0.15, 0.2) is 17.5 Å². The summed E-state index contributed by atoms with van der Waals surface area (Å²) < 4.78 is 2.46. The van der Waals surface area contributed by atoms with Gasteiger partial charge in [-0.1, -0.05) is 158 Å². The van der Waals surface area contributed by atoms with Crippen molar-refractivity contribution >= 4 is 21.8 Å². The maximum absolute atomic E-state index is 5.20. The van der Waals surface area contributed by atoms with Gasteiger partial charge in [-0.25, -0.2) is 15.0 Å². The van der Waals surface area contributed by atoms with Crippen LogP contribution in [0.2, 0.25) is 0 Å². The van der Waals surface area contributed by atoms with Crippen LogP contribution in [0, 0.1) is 0 Å². The largest absolute Gasteiger partial charge is 0.309 e. The van der Waals surface area contributed by atoms with E-state index in [2.05, 4.69) is 150 Å². The molecular formula is C46H30N4. The van der Waals surface area contributed by atoms with Crippen LogP contribution in [0.5, 0.6) is 0 Å². The molecule has 4 nitrogen and oxygen atoms in total. The fraction of sp³-hybridized carbons (Fsp3) is 0.0217. The molecule has 0 atom stereocenters. The zero-order valence-electron chi connectivity index (χ0n) is 27.1. The van der Waals surface area contributed by atoms with E-state index in [9.17, 15) is 0 Å². The molecule has 50 heavy (non-hydrogen) atoms. The molecule has 4 heteroatoms. The minimum atomic E-state index is -0.616. The molecule has 0 N–H and O–H groups in total. The Morgan fingerprint density at radius 2 is 0.860 bits per heavy atom. The van der Waals surface area contributed by atoms with E-state index in [1.54, 1.807) is 0 Å². The lowest BCUT2D eigenvalue weighted by molar-refractivity contribution is 0.728. The van der Waals surface area contributed by atoms with Gasteiger partial charge in [0.25, 0.3) is 0 Å². The highest BCUT2D eigenvalue weighted by atomic mass is 15.0. The van der Waals surface area contributed by atoms with Crippen molar-refractivity contribution in [2.24, 2.45) is 0 Å². The van der Waals surface area contributed by atoms with Crippen molar-refractivity contribution in [2.75, 3.05) is 0 Å². The summed E-state index contributed by atoms with van der Waals surface area (Å²) >= 11 is 0. The first-order chi connectivity index (χ1) is 24.8. The number of hydrogen-bond acceptors (Lipinski definition) is 3. The van der Waals surface area contributed by atoms with Crippen LogP contribution in [0.15, 0.2) is 182 Å². The molecule has 0 aliphatic carbocycles. The Kier molecular flexibility index (Phi) is 6.36. The van der Waals surface area contributed by atoms with E-state index in [1.807, 2.05) is 36.4 Å². The van der Waals surface area contributed by atoms with Crippen molar-refractivity contribution in [3.63, 3.8) is 0 Å². The predicted molar refractivity (Wildman–Crippen MR) is 202 cm³/mol. The molecule has 0 saturated carbocycles. The Balaban J connectivity index is 1.37. The topological polar surface area (TPSA) is 43.6 Å². The van der Waals surface area contributed by atoms with E-state index in [1.165, 1.54) is 49.7 Å². The molecule has 10 rings (SSSR count). The maximum atomic E-state index is 5.20. The van der Waals surface area contributed by atoms with Crippen LogP contribution in [0.3, 0.4) is 0 Å². The van der Waals surface area contributed by atoms with Crippen molar-refractivity contribution in [3.8, 4) is 39.9 Å². The Labute approximate surface area is 290 Å². The number of hydrogen-bond donors (Lipinski definition) is 0. The van der Waals surface area contributed by atoms with Crippen LogP contribution < -0.4 is 0 Å².